The fourth-order valence-corrected chi connectivity index (χ4v) is 7.27. The number of aryl methyl sites for hydroxylation is 1. The van der Waals surface area contributed by atoms with Gasteiger partial charge in [-0.15, -0.1) is 5.10 Å². The minimum Gasteiger partial charge on any atom is -0.362 e. The van der Waals surface area contributed by atoms with Crippen LogP contribution in [0.4, 0.5) is 24.5 Å². The summed E-state index contributed by atoms with van der Waals surface area (Å²) >= 11 is 6.11. The molecule has 282 valence electrons. The van der Waals surface area contributed by atoms with Crippen molar-refractivity contribution in [3.8, 4) is 0 Å². The van der Waals surface area contributed by atoms with Crippen molar-refractivity contribution in [1.82, 2.24) is 38.3 Å². The summed E-state index contributed by atoms with van der Waals surface area (Å²) in [5, 5.41) is 6.70. The van der Waals surface area contributed by atoms with Crippen molar-refractivity contribution in [3.63, 3.8) is 0 Å². The second kappa shape index (κ2) is 14.4. The van der Waals surface area contributed by atoms with E-state index < -0.39 is 51.2 Å². The number of alkyl halides is 3. The van der Waals surface area contributed by atoms with Gasteiger partial charge in [-0.25, -0.2) is 13.4 Å². The van der Waals surface area contributed by atoms with Crippen LogP contribution in [0.25, 0.3) is 11.4 Å². The average molecular weight is 779 g/mol. The number of nitrogens with zero attached hydrogens (tertiary/aromatic N) is 8. The van der Waals surface area contributed by atoms with E-state index in [1.54, 1.807) is 24.8 Å². The van der Waals surface area contributed by atoms with Gasteiger partial charge in [-0.1, -0.05) is 24.6 Å². The van der Waals surface area contributed by atoms with E-state index >= 15 is 0 Å². The van der Waals surface area contributed by atoms with Crippen LogP contribution in [0.5, 0.6) is 0 Å². The molecule has 0 unspecified atom stereocenters. The van der Waals surface area contributed by atoms with Crippen molar-refractivity contribution in [2.45, 2.75) is 39.4 Å². The molecule has 2 amide bonds. The Balaban J connectivity index is 1.36. The lowest BCUT2D eigenvalue weighted by Crippen LogP contribution is -2.51. The van der Waals surface area contributed by atoms with Crippen LogP contribution >= 0.6 is 11.6 Å². The number of nitrogens with one attached hydrogen (secondary N) is 2. The molecule has 4 aromatic rings. The number of H-pyrrole nitrogens is 1. The standard InChI is InChI=1S/C32H34ClF3N10O6S/c1-4-23-26(42-11-13-43(14-12-42)29(49)25-28(48)38-18(2)16-37-25)30(50)46-31(40-27(41-46)19-7-9-44(10-8-19)53(3,51)52)45(23)17-24(47)39-22-6-5-20(15-21(22)33)32(34,35)36/h5-7,15-16H,4,8-14,17H2,1-3H3,(H,38,48)(H,39,47). The molecule has 53 heavy (non-hydrogen) atoms. The molecule has 2 aliphatic rings. The molecule has 0 radical (unpaired) electrons. The highest BCUT2D eigenvalue weighted by molar-refractivity contribution is 7.88. The highest BCUT2D eigenvalue weighted by atomic mass is 35.5. The van der Waals surface area contributed by atoms with E-state index in [2.05, 4.69) is 25.4 Å². The predicted octanol–water partition coefficient (Wildman–Crippen LogP) is 2.17. The monoisotopic (exact) mass is 778 g/mol. The summed E-state index contributed by atoms with van der Waals surface area (Å²) in [5.41, 5.74) is -0.802. The molecule has 2 aliphatic heterocycles. The van der Waals surface area contributed by atoms with E-state index in [4.69, 9.17) is 11.6 Å². The number of piperazine rings is 1. The Hall–Kier alpha value is -5.08. The zero-order valence-corrected chi connectivity index (χ0v) is 30.3. The maximum Gasteiger partial charge on any atom is 0.416 e. The lowest BCUT2D eigenvalue weighted by molar-refractivity contribution is -0.137. The quantitative estimate of drug-likeness (QED) is 0.269. The largest absolute Gasteiger partial charge is 0.416 e. The number of fused-ring (bicyclic) bond motifs is 1. The lowest BCUT2D eigenvalue weighted by atomic mass is 10.1. The molecule has 3 aromatic heterocycles. The number of aromatic amines is 1. The average Bonchev–Trinajstić information content (AvgIpc) is 3.55. The van der Waals surface area contributed by atoms with Crippen LogP contribution in [0.1, 0.15) is 46.6 Å². The van der Waals surface area contributed by atoms with Gasteiger partial charge in [0.05, 0.1) is 28.2 Å². The van der Waals surface area contributed by atoms with E-state index in [-0.39, 0.29) is 85.8 Å². The zero-order chi connectivity index (χ0) is 38.4. The minimum absolute atomic E-state index is 0.00388. The summed E-state index contributed by atoms with van der Waals surface area (Å²) in [6.45, 7) is 3.81. The number of amides is 2. The summed E-state index contributed by atoms with van der Waals surface area (Å²) in [4.78, 5) is 67.7. The van der Waals surface area contributed by atoms with Gasteiger partial charge in [0.15, 0.2) is 11.5 Å². The van der Waals surface area contributed by atoms with Crippen molar-refractivity contribution in [2.24, 2.45) is 0 Å². The van der Waals surface area contributed by atoms with E-state index in [0.717, 1.165) is 22.9 Å². The summed E-state index contributed by atoms with van der Waals surface area (Å²) in [6, 6.07) is 2.53. The molecule has 16 nitrogen and oxygen atoms in total. The molecule has 0 spiro atoms. The lowest BCUT2D eigenvalue weighted by Gasteiger charge is -2.36. The van der Waals surface area contributed by atoms with Crippen molar-refractivity contribution in [2.75, 3.05) is 55.7 Å². The van der Waals surface area contributed by atoms with Gasteiger partial charge in [0.25, 0.3) is 17.0 Å². The highest BCUT2D eigenvalue weighted by Crippen LogP contribution is 2.34. The molecule has 5 heterocycles. The maximum atomic E-state index is 14.2. The van der Waals surface area contributed by atoms with Crippen LogP contribution in [0.2, 0.25) is 5.02 Å². The highest BCUT2D eigenvalue weighted by Gasteiger charge is 2.32. The first-order valence-electron chi connectivity index (χ1n) is 16.4. The van der Waals surface area contributed by atoms with E-state index in [9.17, 15) is 40.8 Å². The smallest absolute Gasteiger partial charge is 0.362 e. The molecule has 1 saturated heterocycles. The number of carbonyl (C=O) groups is 2. The Labute approximate surface area is 304 Å². The van der Waals surface area contributed by atoms with Crippen LogP contribution in [0.15, 0.2) is 40.1 Å². The Morgan fingerprint density at radius 3 is 2.40 bits per heavy atom. The summed E-state index contributed by atoms with van der Waals surface area (Å²) < 4.78 is 67.6. The van der Waals surface area contributed by atoms with Crippen LogP contribution in [0, 0.1) is 6.92 Å². The van der Waals surface area contributed by atoms with Gasteiger partial charge >= 0.3 is 6.18 Å². The van der Waals surface area contributed by atoms with Gasteiger partial charge in [0.2, 0.25) is 21.7 Å². The predicted molar refractivity (Wildman–Crippen MR) is 188 cm³/mol. The fourth-order valence-electron chi connectivity index (χ4n) is 6.27. The van der Waals surface area contributed by atoms with Gasteiger partial charge in [-0.3, -0.25) is 19.2 Å². The summed E-state index contributed by atoms with van der Waals surface area (Å²) in [6.07, 6.45) is -0.0173. The van der Waals surface area contributed by atoms with Crippen LogP contribution in [-0.2, 0) is 34.0 Å². The SMILES string of the molecule is CCc1c(N2CCN(C(=O)c3ncc(C)[nH]c3=O)CC2)c(=O)n2nc(C3=CCN(S(C)(=O)=O)CC3)nc2n1CC(=O)Nc1ccc(C(F)(F)F)cc1Cl. The first-order valence-corrected chi connectivity index (χ1v) is 18.6. The third kappa shape index (κ3) is 7.70. The fraction of sp³-hybridized carbons (Fsp3) is 0.406. The number of halogens is 4. The van der Waals surface area contributed by atoms with Crippen molar-refractivity contribution < 1.29 is 31.2 Å². The molecular weight excluding hydrogens is 745 g/mol. The molecule has 0 aliphatic carbocycles. The molecule has 21 heteroatoms. The molecule has 6 rings (SSSR count). The van der Waals surface area contributed by atoms with Gasteiger partial charge in [-0.05, 0) is 43.5 Å². The Morgan fingerprint density at radius 2 is 1.81 bits per heavy atom. The zero-order valence-electron chi connectivity index (χ0n) is 28.7. The number of sulfonamides is 1. The van der Waals surface area contributed by atoms with Gasteiger partial charge in [-0.2, -0.15) is 27.0 Å². The van der Waals surface area contributed by atoms with Crippen molar-refractivity contribution in [3.05, 3.63) is 84.7 Å². The number of hydrogen-bond acceptors (Lipinski definition) is 10. The number of aromatic nitrogens is 6. The van der Waals surface area contributed by atoms with Crippen molar-refractivity contribution >= 4 is 56.2 Å². The Bertz CT molecular complexity index is 2380. The minimum atomic E-state index is -4.64. The number of rotatable bonds is 8. The number of anilines is 2. The van der Waals surface area contributed by atoms with Crippen LogP contribution in [-0.4, -0.2) is 104 Å². The first kappa shape index (κ1) is 37.7. The van der Waals surface area contributed by atoms with Gasteiger partial charge < -0.3 is 24.7 Å². The molecule has 1 aromatic carbocycles. The number of benzene rings is 1. The Kier molecular flexibility index (Phi) is 10.2. The molecular formula is C32H34ClF3N10O6S. The number of hydrogen-bond donors (Lipinski definition) is 2. The third-order valence-corrected chi connectivity index (χ3v) is 10.5. The van der Waals surface area contributed by atoms with E-state index in [0.29, 0.717) is 23.0 Å². The van der Waals surface area contributed by atoms with E-state index in [1.807, 2.05) is 0 Å². The second-order valence-corrected chi connectivity index (χ2v) is 14.9. The van der Waals surface area contributed by atoms with Gasteiger partial charge in [0.1, 0.15) is 12.2 Å². The summed E-state index contributed by atoms with van der Waals surface area (Å²) in [5.74, 6) is -1.09. The number of carbonyl (C=O) groups excluding carboxylic acids is 2. The van der Waals surface area contributed by atoms with Crippen LogP contribution < -0.4 is 21.3 Å². The van der Waals surface area contributed by atoms with E-state index in [1.165, 1.54) is 20.0 Å². The molecule has 1 fully saturated rings. The van der Waals surface area contributed by atoms with Crippen molar-refractivity contribution in [1.29, 1.82) is 0 Å². The Morgan fingerprint density at radius 1 is 1.09 bits per heavy atom. The molecule has 0 bridgehead atoms. The molecule has 0 saturated carbocycles. The van der Waals surface area contributed by atoms with Gasteiger partial charge in [0, 0.05) is 51.2 Å². The first-order chi connectivity index (χ1) is 25.0. The normalized spacial score (nSPS) is 15.9. The molecule has 0 atom stereocenters. The maximum absolute atomic E-state index is 14.2. The summed E-state index contributed by atoms with van der Waals surface area (Å²) in [7, 11) is -3.45. The third-order valence-electron chi connectivity index (χ3n) is 8.96. The van der Waals surface area contributed by atoms with Crippen LogP contribution in [0.3, 0.4) is 0 Å². The second-order valence-electron chi connectivity index (χ2n) is 12.6. The molecule has 2 N–H and O–H groups in total. The topological polar surface area (TPSA) is 188 Å².